The van der Waals surface area contributed by atoms with E-state index in [0.29, 0.717) is 26.7 Å². The van der Waals surface area contributed by atoms with E-state index in [2.05, 4.69) is 64.0 Å². The first-order valence-electron chi connectivity index (χ1n) is 9.03. The molecule has 0 spiro atoms. The topological polar surface area (TPSA) is 41.9 Å². The van der Waals surface area contributed by atoms with Gasteiger partial charge in [-0.05, 0) is 49.8 Å². The van der Waals surface area contributed by atoms with Crippen molar-refractivity contribution in [3.05, 3.63) is 57.0 Å². The number of fused-ring (bicyclic) bond motifs is 2. The first-order valence-corrected chi connectivity index (χ1v) is 10.6. The van der Waals surface area contributed by atoms with Crippen LogP contribution in [0.3, 0.4) is 0 Å². The summed E-state index contributed by atoms with van der Waals surface area (Å²) in [6, 6.07) is 12.0. The van der Waals surface area contributed by atoms with Gasteiger partial charge in [0.05, 0.1) is 21.1 Å². The highest BCUT2D eigenvalue weighted by molar-refractivity contribution is 7.18. The Morgan fingerprint density at radius 2 is 1.54 bits per heavy atom. The third-order valence-electron chi connectivity index (χ3n) is 4.51. The predicted molar refractivity (Wildman–Crippen MR) is 122 cm³/mol. The number of benzene rings is 2. The van der Waals surface area contributed by atoms with E-state index < -0.39 is 0 Å². The number of hydrogen-bond donors (Lipinski definition) is 0. The molecule has 0 fully saturated rings. The van der Waals surface area contributed by atoms with Crippen LogP contribution in [0.15, 0.2) is 36.4 Å². The van der Waals surface area contributed by atoms with Crippen molar-refractivity contribution in [2.75, 3.05) is 18.0 Å². The second-order valence-electron chi connectivity index (χ2n) is 6.26. The van der Waals surface area contributed by atoms with Crippen molar-refractivity contribution >= 4 is 73.9 Å². The van der Waals surface area contributed by atoms with E-state index in [1.54, 1.807) is 12.1 Å². The second-order valence-corrected chi connectivity index (χ2v) is 8.08. The summed E-state index contributed by atoms with van der Waals surface area (Å²) in [5.74, 6) is 0. The molecule has 4 nitrogen and oxygen atoms in total. The molecular formula is C21H18Cl2N4S. The largest absolute Gasteiger partial charge is 0.372 e. The quantitative estimate of drug-likeness (QED) is 0.360. The number of rotatable bonds is 5. The molecule has 0 bridgehead atoms. The lowest BCUT2D eigenvalue weighted by Crippen LogP contribution is -2.21. The average Bonchev–Trinajstić information content (AvgIpc) is 3.09. The Hall–Kier alpha value is -2.21. The number of halogens is 2. The summed E-state index contributed by atoms with van der Waals surface area (Å²) in [5.41, 5.74) is 4.38. The van der Waals surface area contributed by atoms with Crippen LogP contribution in [0.1, 0.15) is 24.4 Å². The smallest absolute Gasteiger partial charge is 0.190 e. The minimum absolute atomic E-state index is 0.464. The van der Waals surface area contributed by atoms with Crippen LogP contribution in [-0.2, 0) is 0 Å². The fourth-order valence-electron chi connectivity index (χ4n) is 3.02. The Kier molecular flexibility index (Phi) is 5.49. The summed E-state index contributed by atoms with van der Waals surface area (Å²) in [6.07, 6.45) is 4.04. The van der Waals surface area contributed by atoms with Crippen molar-refractivity contribution in [1.82, 2.24) is 15.0 Å². The average molecular weight is 429 g/mol. The molecule has 2 aromatic heterocycles. The van der Waals surface area contributed by atoms with E-state index in [4.69, 9.17) is 23.2 Å². The molecule has 0 N–H and O–H groups in total. The Morgan fingerprint density at radius 3 is 2.18 bits per heavy atom. The summed E-state index contributed by atoms with van der Waals surface area (Å²) in [4.78, 5) is 16.9. The third-order valence-corrected chi connectivity index (χ3v) is 6.14. The van der Waals surface area contributed by atoms with Gasteiger partial charge in [0.1, 0.15) is 5.01 Å². The molecule has 0 atom stereocenters. The third kappa shape index (κ3) is 3.83. The van der Waals surface area contributed by atoms with Crippen molar-refractivity contribution in [3.63, 3.8) is 0 Å². The number of anilines is 1. The van der Waals surface area contributed by atoms with Gasteiger partial charge in [0.15, 0.2) is 10.5 Å². The van der Waals surface area contributed by atoms with Crippen LogP contribution in [0.25, 0.3) is 33.7 Å². The van der Waals surface area contributed by atoms with E-state index in [1.165, 1.54) is 17.0 Å². The Balaban J connectivity index is 1.61. The predicted octanol–water partition coefficient (Wildman–Crippen LogP) is 6.56. The lowest BCUT2D eigenvalue weighted by Gasteiger charge is -2.20. The van der Waals surface area contributed by atoms with Gasteiger partial charge in [-0.3, -0.25) is 0 Å². The first-order chi connectivity index (χ1) is 13.6. The molecule has 0 aliphatic rings. The van der Waals surface area contributed by atoms with Crippen LogP contribution in [0.5, 0.6) is 0 Å². The first kappa shape index (κ1) is 19.1. The number of nitrogens with zero attached hydrogens (tertiary/aromatic N) is 4. The fourth-order valence-corrected chi connectivity index (χ4v) is 4.13. The minimum Gasteiger partial charge on any atom is -0.372 e. The highest BCUT2D eigenvalue weighted by Crippen LogP contribution is 2.29. The molecule has 0 radical (unpaired) electrons. The van der Waals surface area contributed by atoms with E-state index in [9.17, 15) is 0 Å². The van der Waals surface area contributed by atoms with Crippen molar-refractivity contribution in [1.29, 1.82) is 0 Å². The molecule has 4 aromatic rings. The highest BCUT2D eigenvalue weighted by atomic mass is 35.5. The van der Waals surface area contributed by atoms with Gasteiger partial charge in [-0.1, -0.05) is 52.7 Å². The summed E-state index contributed by atoms with van der Waals surface area (Å²) >= 11 is 13.7. The van der Waals surface area contributed by atoms with Crippen molar-refractivity contribution in [2.45, 2.75) is 13.8 Å². The summed E-state index contributed by atoms with van der Waals surface area (Å²) in [7, 11) is 0. The minimum atomic E-state index is 0.464. The van der Waals surface area contributed by atoms with Gasteiger partial charge in [-0.2, -0.15) is 0 Å². The van der Waals surface area contributed by atoms with Crippen molar-refractivity contribution in [2.24, 2.45) is 0 Å². The maximum absolute atomic E-state index is 6.08. The lowest BCUT2D eigenvalue weighted by molar-refractivity contribution is 0.866. The second kappa shape index (κ2) is 8.03. The molecule has 2 aromatic carbocycles. The fraction of sp³-hybridized carbons (Fsp3) is 0.190. The van der Waals surface area contributed by atoms with E-state index >= 15 is 0 Å². The van der Waals surface area contributed by atoms with Gasteiger partial charge in [0.2, 0.25) is 0 Å². The van der Waals surface area contributed by atoms with E-state index in [0.717, 1.165) is 28.5 Å². The molecule has 28 heavy (non-hydrogen) atoms. The van der Waals surface area contributed by atoms with E-state index in [-0.39, 0.29) is 0 Å². The lowest BCUT2D eigenvalue weighted by atomic mass is 10.2. The Bertz CT molecular complexity index is 1110. The molecule has 0 aliphatic carbocycles. The van der Waals surface area contributed by atoms with Gasteiger partial charge in [0.25, 0.3) is 0 Å². The van der Waals surface area contributed by atoms with Crippen molar-refractivity contribution in [3.8, 4) is 0 Å². The molecule has 0 saturated heterocycles. The molecular weight excluding hydrogens is 411 g/mol. The van der Waals surface area contributed by atoms with Crippen LogP contribution in [0, 0.1) is 0 Å². The number of hydrogen-bond acceptors (Lipinski definition) is 5. The van der Waals surface area contributed by atoms with E-state index in [1.807, 2.05) is 6.08 Å². The Labute approximate surface area is 177 Å². The van der Waals surface area contributed by atoms with Crippen molar-refractivity contribution < 1.29 is 0 Å². The molecule has 4 rings (SSSR count). The summed E-state index contributed by atoms with van der Waals surface area (Å²) < 4.78 is 0. The molecule has 2 heterocycles. The molecule has 0 unspecified atom stereocenters. The summed E-state index contributed by atoms with van der Waals surface area (Å²) in [5, 5.41) is 1.79. The number of aromatic nitrogens is 3. The maximum atomic E-state index is 6.08. The van der Waals surface area contributed by atoms with Gasteiger partial charge in [-0.25, -0.2) is 15.0 Å². The van der Waals surface area contributed by atoms with Crippen LogP contribution >= 0.6 is 34.5 Å². The SMILES string of the molecule is CCN(CC)c1ccc(/C=C/c2nc3nc4cc(Cl)c(Cl)cc4nc3s2)cc1. The normalized spacial score (nSPS) is 11.7. The highest BCUT2D eigenvalue weighted by Gasteiger charge is 2.09. The van der Waals surface area contributed by atoms with Gasteiger partial charge < -0.3 is 4.90 Å². The zero-order valence-corrected chi connectivity index (χ0v) is 17.8. The van der Waals surface area contributed by atoms with Gasteiger partial charge in [0, 0.05) is 18.8 Å². The zero-order valence-electron chi connectivity index (χ0n) is 15.5. The molecule has 0 amide bonds. The molecule has 7 heteroatoms. The maximum Gasteiger partial charge on any atom is 0.190 e. The zero-order chi connectivity index (χ0) is 19.7. The Morgan fingerprint density at radius 1 is 0.893 bits per heavy atom. The molecule has 142 valence electrons. The van der Waals surface area contributed by atoms with Gasteiger partial charge >= 0.3 is 0 Å². The van der Waals surface area contributed by atoms with Crippen LogP contribution < -0.4 is 4.90 Å². The molecule has 0 aliphatic heterocycles. The monoisotopic (exact) mass is 428 g/mol. The summed E-state index contributed by atoms with van der Waals surface area (Å²) in [6.45, 7) is 6.33. The number of thiazole rings is 1. The van der Waals surface area contributed by atoms with Crippen LogP contribution in [0.2, 0.25) is 10.0 Å². The standard InChI is InChI=1S/C21H18Cl2N4S/c1-3-27(4-2)14-8-5-13(6-9-14)7-10-19-26-20-21(28-19)25-18-12-16(23)15(22)11-17(18)24-20/h5-12H,3-4H2,1-2H3/b10-7+. The van der Waals surface area contributed by atoms with Crippen LogP contribution in [-0.4, -0.2) is 28.0 Å². The molecule has 0 saturated carbocycles. The van der Waals surface area contributed by atoms with Crippen LogP contribution in [0.4, 0.5) is 5.69 Å². The van der Waals surface area contributed by atoms with Gasteiger partial charge in [-0.15, -0.1) is 0 Å².